The van der Waals surface area contributed by atoms with E-state index in [1.807, 2.05) is 13.1 Å². The van der Waals surface area contributed by atoms with E-state index in [4.69, 9.17) is 5.11 Å². The van der Waals surface area contributed by atoms with E-state index < -0.39 is 0 Å². The quantitative estimate of drug-likeness (QED) is 0.690. The predicted molar refractivity (Wildman–Crippen MR) is 73.0 cm³/mol. The van der Waals surface area contributed by atoms with E-state index in [2.05, 4.69) is 27.5 Å². The minimum absolute atomic E-state index is 0.199. The molecule has 0 bridgehead atoms. The van der Waals surface area contributed by atoms with Gasteiger partial charge in [-0.1, -0.05) is 6.92 Å². The third kappa shape index (κ3) is 3.32. The number of anilines is 2. The van der Waals surface area contributed by atoms with Gasteiger partial charge in [-0.15, -0.1) is 0 Å². The van der Waals surface area contributed by atoms with Gasteiger partial charge < -0.3 is 15.7 Å². The molecule has 0 radical (unpaired) electrons. The highest BCUT2D eigenvalue weighted by Crippen LogP contribution is 2.38. The van der Waals surface area contributed by atoms with Crippen molar-refractivity contribution in [3.63, 3.8) is 0 Å². The molecule has 0 spiro atoms. The van der Waals surface area contributed by atoms with Crippen molar-refractivity contribution in [3.8, 4) is 0 Å². The van der Waals surface area contributed by atoms with E-state index in [1.165, 1.54) is 12.8 Å². The van der Waals surface area contributed by atoms with Crippen LogP contribution in [0.5, 0.6) is 0 Å². The molecule has 1 unspecified atom stereocenters. The van der Waals surface area contributed by atoms with E-state index in [9.17, 15) is 0 Å². The average molecular weight is 250 g/mol. The minimum Gasteiger partial charge on any atom is -0.396 e. The smallest absolute Gasteiger partial charge is 0.136 e. The Hall–Kier alpha value is -1.36. The fourth-order valence-electron chi connectivity index (χ4n) is 1.94. The van der Waals surface area contributed by atoms with Crippen molar-refractivity contribution in [1.82, 2.24) is 9.97 Å². The first-order valence-electron chi connectivity index (χ1n) is 6.71. The molecule has 1 heterocycles. The molecule has 1 atom stereocenters. The largest absolute Gasteiger partial charge is 0.396 e. The number of aromatic nitrogens is 2. The summed E-state index contributed by atoms with van der Waals surface area (Å²) in [5, 5.41) is 15.5. The summed E-state index contributed by atoms with van der Waals surface area (Å²) in [7, 11) is 1.87. The molecule has 5 heteroatoms. The van der Waals surface area contributed by atoms with Crippen LogP contribution in [0.2, 0.25) is 0 Å². The van der Waals surface area contributed by atoms with Gasteiger partial charge in [0.15, 0.2) is 0 Å². The Bertz CT molecular complexity index is 393. The average Bonchev–Trinajstić information content (AvgIpc) is 3.22. The highest BCUT2D eigenvalue weighted by atomic mass is 16.3. The Labute approximate surface area is 108 Å². The van der Waals surface area contributed by atoms with Gasteiger partial charge in [-0.25, -0.2) is 9.97 Å². The van der Waals surface area contributed by atoms with Crippen molar-refractivity contribution in [2.75, 3.05) is 24.3 Å². The van der Waals surface area contributed by atoms with Gasteiger partial charge in [0, 0.05) is 31.7 Å². The van der Waals surface area contributed by atoms with Gasteiger partial charge in [0.05, 0.1) is 0 Å². The van der Waals surface area contributed by atoms with Crippen LogP contribution in [-0.2, 0) is 0 Å². The van der Waals surface area contributed by atoms with E-state index >= 15 is 0 Å². The van der Waals surface area contributed by atoms with Crippen LogP contribution in [0, 0.1) is 0 Å². The Kier molecular flexibility index (Phi) is 4.36. The highest BCUT2D eigenvalue weighted by molar-refractivity contribution is 5.48. The SMILES string of the molecule is CCC(CCO)Nc1cc(NC)nc(C2CC2)n1. The molecular formula is C13H22N4O. The van der Waals surface area contributed by atoms with Gasteiger partial charge in [0.2, 0.25) is 0 Å². The molecule has 3 N–H and O–H groups in total. The number of nitrogens with one attached hydrogen (secondary N) is 2. The maximum atomic E-state index is 9.01. The topological polar surface area (TPSA) is 70.1 Å². The summed E-state index contributed by atoms with van der Waals surface area (Å²) >= 11 is 0. The lowest BCUT2D eigenvalue weighted by Gasteiger charge is -2.17. The van der Waals surface area contributed by atoms with Crippen LogP contribution in [0.4, 0.5) is 11.6 Å². The molecule has 2 rings (SSSR count). The number of aliphatic hydroxyl groups excluding tert-OH is 1. The Balaban J connectivity index is 2.12. The van der Waals surface area contributed by atoms with Gasteiger partial charge in [0.25, 0.3) is 0 Å². The van der Waals surface area contributed by atoms with Crippen LogP contribution in [0.25, 0.3) is 0 Å². The van der Waals surface area contributed by atoms with Crippen LogP contribution >= 0.6 is 0 Å². The Morgan fingerprint density at radius 1 is 1.39 bits per heavy atom. The molecule has 1 fully saturated rings. The second kappa shape index (κ2) is 6.00. The molecule has 0 aromatic carbocycles. The van der Waals surface area contributed by atoms with Crippen molar-refractivity contribution in [2.24, 2.45) is 0 Å². The summed E-state index contributed by atoms with van der Waals surface area (Å²) in [6.07, 6.45) is 4.10. The van der Waals surface area contributed by atoms with Gasteiger partial charge in [-0.3, -0.25) is 0 Å². The normalized spacial score (nSPS) is 16.4. The molecule has 1 aliphatic rings. The lowest BCUT2D eigenvalue weighted by atomic mass is 10.1. The van der Waals surface area contributed by atoms with Crippen LogP contribution in [0.1, 0.15) is 44.3 Å². The molecule has 1 saturated carbocycles. The molecule has 1 aliphatic carbocycles. The lowest BCUT2D eigenvalue weighted by Crippen LogP contribution is -2.21. The maximum Gasteiger partial charge on any atom is 0.136 e. The van der Waals surface area contributed by atoms with Crippen LogP contribution in [-0.4, -0.2) is 34.8 Å². The number of rotatable bonds is 7. The lowest BCUT2D eigenvalue weighted by molar-refractivity contribution is 0.278. The van der Waals surface area contributed by atoms with Gasteiger partial charge in [0.1, 0.15) is 17.5 Å². The van der Waals surface area contributed by atoms with E-state index in [0.717, 1.165) is 30.3 Å². The maximum absolute atomic E-state index is 9.01. The molecule has 18 heavy (non-hydrogen) atoms. The predicted octanol–water partition coefficient (Wildman–Crippen LogP) is 1.97. The van der Waals surface area contributed by atoms with E-state index in [0.29, 0.717) is 5.92 Å². The minimum atomic E-state index is 0.199. The molecule has 1 aromatic heterocycles. The number of hydrogen-bond donors (Lipinski definition) is 3. The van der Waals surface area contributed by atoms with Gasteiger partial charge in [-0.2, -0.15) is 0 Å². The summed E-state index contributed by atoms with van der Waals surface area (Å²) in [4.78, 5) is 9.05. The first-order valence-corrected chi connectivity index (χ1v) is 6.71. The number of aliphatic hydroxyl groups is 1. The second-order valence-electron chi connectivity index (χ2n) is 4.78. The van der Waals surface area contributed by atoms with E-state index in [-0.39, 0.29) is 12.6 Å². The summed E-state index contributed by atoms with van der Waals surface area (Å²) in [6.45, 7) is 2.31. The first kappa shape index (κ1) is 13.1. The van der Waals surface area contributed by atoms with Crippen molar-refractivity contribution < 1.29 is 5.11 Å². The van der Waals surface area contributed by atoms with Crippen LogP contribution < -0.4 is 10.6 Å². The summed E-state index contributed by atoms with van der Waals surface area (Å²) in [6, 6.07) is 2.19. The summed E-state index contributed by atoms with van der Waals surface area (Å²) in [5.41, 5.74) is 0. The monoisotopic (exact) mass is 250 g/mol. The third-order valence-electron chi connectivity index (χ3n) is 3.26. The molecule has 5 nitrogen and oxygen atoms in total. The second-order valence-corrected chi connectivity index (χ2v) is 4.78. The van der Waals surface area contributed by atoms with E-state index in [1.54, 1.807) is 0 Å². The Morgan fingerprint density at radius 3 is 2.67 bits per heavy atom. The number of hydrogen-bond acceptors (Lipinski definition) is 5. The molecule has 100 valence electrons. The zero-order valence-corrected chi connectivity index (χ0v) is 11.1. The fraction of sp³-hybridized carbons (Fsp3) is 0.692. The van der Waals surface area contributed by atoms with Crippen molar-refractivity contribution in [3.05, 3.63) is 11.9 Å². The van der Waals surface area contributed by atoms with Crippen molar-refractivity contribution >= 4 is 11.6 Å². The fourth-order valence-corrected chi connectivity index (χ4v) is 1.94. The zero-order valence-electron chi connectivity index (χ0n) is 11.1. The number of nitrogens with zero attached hydrogens (tertiary/aromatic N) is 2. The Morgan fingerprint density at radius 2 is 2.11 bits per heavy atom. The highest BCUT2D eigenvalue weighted by Gasteiger charge is 2.27. The van der Waals surface area contributed by atoms with Crippen LogP contribution in [0.15, 0.2) is 6.07 Å². The molecule has 0 aliphatic heterocycles. The summed E-state index contributed by atoms with van der Waals surface area (Å²) < 4.78 is 0. The third-order valence-corrected chi connectivity index (χ3v) is 3.26. The first-order chi connectivity index (χ1) is 8.76. The standard InChI is InChI=1S/C13H22N4O/c1-3-10(6-7-18)15-12-8-11(14-2)16-13(17-12)9-4-5-9/h8-10,18H,3-7H2,1-2H3,(H2,14,15,16,17). The van der Waals surface area contributed by atoms with Crippen molar-refractivity contribution in [2.45, 2.75) is 44.6 Å². The van der Waals surface area contributed by atoms with Gasteiger partial charge in [-0.05, 0) is 25.7 Å². The molecule has 1 aromatic rings. The summed E-state index contributed by atoms with van der Waals surface area (Å²) in [5.74, 6) is 3.18. The molecule has 0 saturated heterocycles. The van der Waals surface area contributed by atoms with Crippen molar-refractivity contribution in [1.29, 1.82) is 0 Å². The molecular weight excluding hydrogens is 228 g/mol. The molecule has 0 amide bonds. The zero-order chi connectivity index (χ0) is 13.0. The van der Waals surface area contributed by atoms with Crippen LogP contribution in [0.3, 0.4) is 0 Å². The van der Waals surface area contributed by atoms with Gasteiger partial charge >= 0.3 is 0 Å².